The van der Waals surface area contributed by atoms with Crippen molar-refractivity contribution in [2.24, 2.45) is 0 Å². The summed E-state index contributed by atoms with van der Waals surface area (Å²) in [4.78, 5) is 1.48. The third kappa shape index (κ3) is 3.94. The van der Waals surface area contributed by atoms with E-state index in [1.165, 1.54) is 23.3 Å². The van der Waals surface area contributed by atoms with Gasteiger partial charge in [-0.15, -0.1) is 18.3 Å². The van der Waals surface area contributed by atoms with Crippen molar-refractivity contribution in [3.63, 3.8) is 0 Å². The SMILES string of the molecule is C=CC(Cc1ccccc1)SC1=CC=CCC1. The largest absolute Gasteiger partial charge is 0.123 e. The highest BCUT2D eigenvalue weighted by Gasteiger charge is 2.09. The average molecular weight is 242 g/mol. The van der Waals surface area contributed by atoms with Gasteiger partial charge < -0.3 is 0 Å². The molecule has 0 aliphatic heterocycles. The van der Waals surface area contributed by atoms with Crippen molar-refractivity contribution in [3.05, 3.63) is 71.7 Å². The van der Waals surface area contributed by atoms with Gasteiger partial charge in [-0.25, -0.2) is 0 Å². The zero-order valence-electron chi connectivity index (χ0n) is 10.0. The van der Waals surface area contributed by atoms with Crippen molar-refractivity contribution in [1.29, 1.82) is 0 Å². The Bertz CT molecular complexity index is 414. The van der Waals surface area contributed by atoms with E-state index in [1.807, 2.05) is 11.8 Å². The predicted molar refractivity (Wildman–Crippen MR) is 78.2 cm³/mol. The Balaban J connectivity index is 1.95. The van der Waals surface area contributed by atoms with Crippen molar-refractivity contribution in [3.8, 4) is 0 Å². The van der Waals surface area contributed by atoms with Crippen LogP contribution in [-0.4, -0.2) is 5.25 Å². The van der Waals surface area contributed by atoms with Crippen molar-refractivity contribution >= 4 is 11.8 Å². The van der Waals surface area contributed by atoms with E-state index in [9.17, 15) is 0 Å². The molecule has 0 aromatic heterocycles. The minimum absolute atomic E-state index is 0.482. The lowest BCUT2D eigenvalue weighted by atomic mass is 10.1. The van der Waals surface area contributed by atoms with Gasteiger partial charge >= 0.3 is 0 Å². The highest BCUT2D eigenvalue weighted by Crippen LogP contribution is 2.30. The topological polar surface area (TPSA) is 0 Å². The molecule has 0 saturated heterocycles. The molecule has 1 atom stereocenters. The molecule has 0 fully saturated rings. The van der Waals surface area contributed by atoms with E-state index in [2.05, 4.69) is 61.2 Å². The molecule has 0 saturated carbocycles. The van der Waals surface area contributed by atoms with Gasteiger partial charge in [0.1, 0.15) is 0 Å². The molecule has 1 heteroatoms. The summed E-state index contributed by atoms with van der Waals surface area (Å²) in [7, 11) is 0. The Labute approximate surface area is 108 Å². The second-order valence-electron chi connectivity index (χ2n) is 4.18. The monoisotopic (exact) mass is 242 g/mol. The fourth-order valence-electron chi connectivity index (χ4n) is 1.89. The summed E-state index contributed by atoms with van der Waals surface area (Å²) in [5, 5.41) is 0.482. The first-order valence-corrected chi connectivity index (χ1v) is 6.95. The van der Waals surface area contributed by atoms with E-state index in [1.54, 1.807) is 0 Å². The Morgan fingerprint density at radius 1 is 1.29 bits per heavy atom. The fraction of sp³-hybridized carbons (Fsp3) is 0.250. The summed E-state index contributed by atoms with van der Waals surface area (Å²) in [6.07, 6.45) is 12.1. The van der Waals surface area contributed by atoms with Gasteiger partial charge in [-0.2, -0.15) is 0 Å². The zero-order chi connectivity index (χ0) is 11.9. The van der Waals surface area contributed by atoms with Gasteiger partial charge in [-0.05, 0) is 29.7 Å². The summed E-state index contributed by atoms with van der Waals surface area (Å²) >= 11 is 1.95. The molecule has 0 nitrogen and oxygen atoms in total. The predicted octanol–water partition coefficient (Wildman–Crippen LogP) is 4.75. The van der Waals surface area contributed by atoms with Crippen LogP contribution in [0.1, 0.15) is 18.4 Å². The Hall–Kier alpha value is -1.21. The summed E-state index contributed by atoms with van der Waals surface area (Å²) < 4.78 is 0. The number of allylic oxidation sites excluding steroid dienone is 4. The lowest BCUT2D eigenvalue weighted by Gasteiger charge is -2.15. The Kier molecular flexibility index (Phi) is 4.69. The minimum atomic E-state index is 0.482. The van der Waals surface area contributed by atoms with E-state index >= 15 is 0 Å². The number of thioether (sulfide) groups is 1. The molecule has 2 rings (SSSR count). The van der Waals surface area contributed by atoms with Gasteiger partial charge in [0.05, 0.1) is 0 Å². The van der Waals surface area contributed by atoms with Crippen LogP contribution in [0.15, 0.2) is 66.1 Å². The van der Waals surface area contributed by atoms with Crippen LogP contribution >= 0.6 is 11.8 Å². The summed E-state index contributed by atoms with van der Waals surface area (Å²) in [5.74, 6) is 0. The van der Waals surface area contributed by atoms with Crippen LogP contribution in [-0.2, 0) is 6.42 Å². The molecule has 88 valence electrons. The highest BCUT2D eigenvalue weighted by atomic mass is 32.2. The van der Waals surface area contributed by atoms with E-state index < -0.39 is 0 Å². The molecule has 1 unspecified atom stereocenters. The second-order valence-corrected chi connectivity index (χ2v) is 5.55. The number of hydrogen-bond donors (Lipinski definition) is 0. The first-order chi connectivity index (χ1) is 8.38. The average Bonchev–Trinajstić information content (AvgIpc) is 2.40. The van der Waals surface area contributed by atoms with Gasteiger partial charge in [-0.3, -0.25) is 0 Å². The van der Waals surface area contributed by atoms with E-state index in [0.717, 1.165) is 6.42 Å². The molecule has 0 amide bonds. The van der Waals surface area contributed by atoms with E-state index in [0.29, 0.717) is 5.25 Å². The van der Waals surface area contributed by atoms with Gasteiger partial charge in [0.2, 0.25) is 0 Å². The summed E-state index contributed by atoms with van der Waals surface area (Å²) in [5.41, 5.74) is 1.39. The van der Waals surface area contributed by atoms with Gasteiger partial charge in [-0.1, -0.05) is 54.6 Å². The van der Waals surface area contributed by atoms with Gasteiger partial charge in [0.15, 0.2) is 0 Å². The van der Waals surface area contributed by atoms with Gasteiger partial charge in [0, 0.05) is 5.25 Å². The third-order valence-corrected chi connectivity index (χ3v) is 4.13. The maximum Gasteiger partial charge on any atom is 0.0309 e. The molecule has 0 spiro atoms. The Morgan fingerprint density at radius 3 is 2.76 bits per heavy atom. The molecule has 0 N–H and O–H groups in total. The van der Waals surface area contributed by atoms with Crippen LogP contribution in [0.25, 0.3) is 0 Å². The number of rotatable bonds is 5. The lowest BCUT2D eigenvalue weighted by Crippen LogP contribution is -2.03. The third-order valence-electron chi connectivity index (χ3n) is 2.82. The van der Waals surface area contributed by atoms with Crippen molar-refractivity contribution < 1.29 is 0 Å². The van der Waals surface area contributed by atoms with Crippen LogP contribution in [0.3, 0.4) is 0 Å². The maximum absolute atomic E-state index is 3.96. The Morgan fingerprint density at radius 2 is 2.12 bits per heavy atom. The van der Waals surface area contributed by atoms with E-state index in [4.69, 9.17) is 0 Å². The fourth-order valence-corrected chi connectivity index (χ4v) is 3.05. The zero-order valence-corrected chi connectivity index (χ0v) is 10.8. The second kappa shape index (κ2) is 6.51. The molecule has 0 radical (unpaired) electrons. The molecule has 1 aliphatic carbocycles. The van der Waals surface area contributed by atoms with E-state index in [-0.39, 0.29) is 0 Å². The lowest BCUT2D eigenvalue weighted by molar-refractivity contribution is 0.997. The summed E-state index contributed by atoms with van der Waals surface area (Å²) in [6.45, 7) is 3.96. The van der Waals surface area contributed by atoms with Gasteiger partial charge in [0.25, 0.3) is 0 Å². The van der Waals surface area contributed by atoms with Crippen LogP contribution in [0.2, 0.25) is 0 Å². The molecule has 1 aromatic rings. The number of benzene rings is 1. The molecule has 1 aliphatic rings. The molecule has 17 heavy (non-hydrogen) atoms. The van der Waals surface area contributed by atoms with Crippen LogP contribution in [0.5, 0.6) is 0 Å². The van der Waals surface area contributed by atoms with Crippen LogP contribution in [0, 0.1) is 0 Å². The first-order valence-electron chi connectivity index (χ1n) is 6.07. The normalized spacial score (nSPS) is 16.4. The minimum Gasteiger partial charge on any atom is -0.123 e. The van der Waals surface area contributed by atoms with Crippen molar-refractivity contribution in [2.75, 3.05) is 0 Å². The highest BCUT2D eigenvalue weighted by molar-refractivity contribution is 8.03. The number of hydrogen-bond acceptors (Lipinski definition) is 1. The van der Waals surface area contributed by atoms with Crippen LogP contribution < -0.4 is 0 Å². The maximum atomic E-state index is 3.96. The molecular weight excluding hydrogens is 224 g/mol. The molecule has 1 aromatic carbocycles. The summed E-state index contributed by atoms with van der Waals surface area (Å²) in [6, 6.07) is 10.6. The molecular formula is C16H18S. The molecule has 0 heterocycles. The van der Waals surface area contributed by atoms with Crippen LogP contribution in [0.4, 0.5) is 0 Å². The quantitative estimate of drug-likeness (QED) is 0.671. The first kappa shape index (κ1) is 12.3. The standard InChI is InChI=1S/C16H18S/c1-2-15(13-14-9-5-3-6-10-14)17-16-11-7-4-8-12-16/h2-7,9-11,15H,1,8,12-13H2. The molecule has 0 bridgehead atoms. The van der Waals surface area contributed by atoms with Crippen molar-refractivity contribution in [1.82, 2.24) is 0 Å². The smallest absolute Gasteiger partial charge is 0.0309 e. The van der Waals surface area contributed by atoms with Crippen molar-refractivity contribution in [2.45, 2.75) is 24.5 Å².